The van der Waals surface area contributed by atoms with E-state index < -0.39 is 28.7 Å². The molecule has 0 saturated carbocycles. The van der Waals surface area contributed by atoms with Crippen LogP contribution in [0.5, 0.6) is 5.75 Å². The minimum absolute atomic E-state index is 0.126. The van der Waals surface area contributed by atoms with Crippen molar-refractivity contribution in [2.24, 2.45) is 11.8 Å². The Bertz CT molecular complexity index is 1750. The number of aliphatic hydroxyl groups is 1. The molecule has 3 aliphatic heterocycles. The summed E-state index contributed by atoms with van der Waals surface area (Å²) in [7, 11) is 0. The maximum Gasteiger partial charge on any atom is 0.251 e. The molecule has 3 saturated heterocycles. The molecule has 1 N–H and O–H groups in total. The molecule has 2 bridgehead atoms. The number of likely N-dealkylation sites (tertiary alicyclic amines) is 1. The van der Waals surface area contributed by atoms with Crippen LogP contribution >= 0.6 is 11.8 Å². The smallest absolute Gasteiger partial charge is 0.251 e. The molecule has 0 radical (unpaired) electrons. The van der Waals surface area contributed by atoms with Crippen molar-refractivity contribution < 1.29 is 24.2 Å². The lowest BCUT2D eigenvalue weighted by atomic mass is 9.70. The molecule has 3 fully saturated rings. The first-order valence-electron chi connectivity index (χ1n) is 17.5. The number of anilines is 2. The Labute approximate surface area is 299 Å². The van der Waals surface area contributed by atoms with Crippen molar-refractivity contribution in [1.82, 2.24) is 4.90 Å². The van der Waals surface area contributed by atoms with Crippen molar-refractivity contribution in [3.05, 3.63) is 115 Å². The van der Waals surface area contributed by atoms with Gasteiger partial charge in [-0.1, -0.05) is 54.6 Å². The van der Waals surface area contributed by atoms with E-state index in [1.165, 1.54) is 0 Å². The van der Waals surface area contributed by atoms with E-state index in [0.29, 0.717) is 37.3 Å². The number of amides is 3. The van der Waals surface area contributed by atoms with Crippen LogP contribution in [0, 0.1) is 25.7 Å². The van der Waals surface area contributed by atoms with Crippen LogP contribution in [-0.4, -0.2) is 76.1 Å². The number of carbonyl (C=O) groups excluding carboxylic acids is 3. The lowest BCUT2D eigenvalue weighted by Gasteiger charge is -2.40. The van der Waals surface area contributed by atoms with Crippen LogP contribution in [0.3, 0.4) is 0 Å². The SMILES string of the molecule is C=CCN(C(=O)[C@@H]1[C@H]2C(=O)N([C@@H](CO)Cc3ccccc3)C(C(=O)N(CC=C)c3cc(C)ccc3C)C23CC[C@H]1S3)c1ccc(OCC)cc1. The summed E-state index contributed by atoms with van der Waals surface area (Å²) in [6.07, 6.45) is 5.11. The van der Waals surface area contributed by atoms with Gasteiger partial charge in [0.15, 0.2) is 0 Å². The van der Waals surface area contributed by atoms with E-state index >= 15 is 9.59 Å². The number of hydrogen-bond acceptors (Lipinski definition) is 6. The normalized spacial score (nSPS) is 24.1. The molecule has 0 aromatic heterocycles. The van der Waals surface area contributed by atoms with E-state index in [1.54, 1.807) is 38.6 Å². The highest BCUT2D eigenvalue weighted by Gasteiger charge is 2.74. The first kappa shape index (κ1) is 35.5. The molecule has 3 aliphatic rings. The number of aliphatic hydroxyl groups excluding tert-OH is 1. The van der Waals surface area contributed by atoms with Crippen LogP contribution in [0.4, 0.5) is 11.4 Å². The first-order valence-corrected chi connectivity index (χ1v) is 18.4. The summed E-state index contributed by atoms with van der Waals surface area (Å²) in [6, 6.07) is 21.6. The van der Waals surface area contributed by atoms with Gasteiger partial charge in [-0.2, -0.15) is 0 Å². The number of carbonyl (C=O) groups is 3. The summed E-state index contributed by atoms with van der Waals surface area (Å²) in [5.74, 6) is -1.26. The standard InChI is InChI=1S/C41H47N3O5S/c1-6-22-42(30-16-18-32(19-17-30)49-8-3)38(46)35-34-20-21-41(50-34)36(35)39(47)44(31(26-45)25-29-12-10-9-11-13-29)37(41)40(48)43(23-7-2)33-24-27(4)14-15-28(33)5/h6-7,9-19,24,31,34-37,45H,1-2,8,20-23,25-26H2,3-5H3/t31-,34-,35+,36+,37?,41?/m1/s1. The van der Waals surface area contributed by atoms with Crippen molar-refractivity contribution in [2.45, 2.75) is 62.1 Å². The number of nitrogens with zero attached hydrogens (tertiary/aromatic N) is 3. The van der Waals surface area contributed by atoms with Crippen LogP contribution < -0.4 is 14.5 Å². The quantitative estimate of drug-likeness (QED) is 0.204. The number of fused-ring (bicyclic) bond motifs is 1. The second-order valence-electron chi connectivity index (χ2n) is 13.5. The number of aryl methyl sites for hydroxylation is 2. The highest BCUT2D eigenvalue weighted by molar-refractivity contribution is 8.02. The second kappa shape index (κ2) is 14.9. The number of ether oxygens (including phenoxy) is 1. The Morgan fingerprint density at radius 1 is 1.02 bits per heavy atom. The molecule has 6 atom stereocenters. The van der Waals surface area contributed by atoms with Crippen molar-refractivity contribution in [3.8, 4) is 5.75 Å². The summed E-state index contributed by atoms with van der Waals surface area (Å²) < 4.78 is 4.80. The lowest BCUT2D eigenvalue weighted by Crippen LogP contribution is -2.58. The zero-order chi connectivity index (χ0) is 35.6. The minimum Gasteiger partial charge on any atom is -0.494 e. The third-order valence-corrected chi connectivity index (χ3v) is 12.4. The van der Waals surface area contributed by atoms with Gasteiger partial charge < -0.3 is 24.5 Å². The van der Waals surface area contributed by atoms with E-state index in [1.807, 2.05) is 93.6 Å². The molecule has 2 unspecified atom stereocenters. The van der Waals surface area contributed by atoms with Crippen molar-refractivity contribution in [2.75, 3.05) is 36.1 Å². The zero-order valence-electron chi connectivity index (χ0n) is 29.2. The van der Waals surface area contributed by atoms with Gasteiger partial charge in [0.25, 0.3) is 5.91 Å². The second-order valence-corrected chi connectivity index (χ2v) is 15.1. The van der Waals surface area contributed by atoms with Crippen LogP contribution in [0.1, 0.15) is 36.5 Å². The molecular weight excluding hydrogens is 647 g/mol. The lowest BCUT2D eigenvalue weighted by molar-refractivity contribution is -0.141. The molecule has 3 amide bonds. The third kappa shape index (κ3) is 6.26. The van der Waals surface area contributed by atoms with Crippen LogP contribution in [-0.2, 0) is 20.8 Å². The highest BCUT2D eigenvalue weighted by Crippen LogP contribution is 2.67. The third-order valence-electron chi connectivity index (χ3n) is 10.4. The minimum atomic E-state index is -0.883. The van der Waals surface area contributed by atoms with Gasteiger partial charge in [-0.15, -0.1) is 24.9 Å². The first-order chi connectivity index (χ1) is 24.2. The maximum atomic E-state index is 15.2. The van der Waals surface area contributed by atoms with Gasteiger partial charge in [-0.3, -0.25) is 14.4 Å². The molecule has 9 heteroatoms. The summed E-state index contributed by atoms with van der Waals surface area (Å²) in [6.45, 7) is 14.5. The molecule has 3 aromatic carbocycles. The Morgan fingerprint density at radius 3 is 2.38 bits per heavy atom. The van der Waals surface area contributed by atoms with Crippen molar-refractivity contribution in [3.63, 3.8) is 0 Å². The predicted molar refractivity (Wildman–Crippen MR) is 201 cm³/mol. The fourth-order valence-electron chi connectivity index (χ4n) is 8.30. The topological polar surface area (TPSA) is 90.4 Å². The van der Waals surface area contributed by atoms with Gasteiger partial charge in [0, 0.05) is 29.7 Å². The fourth-order valence-corrected chi connectivity index (χ4v) is 10.5. The highest BCUT2D eigenvalue weighted by atomic mass is 32.2. The Balaban J connectivity index is 1.44. The Hall–Kier alpha value is -4.34. The fraction of sp³-hybridized carbons (Fsp3) is 0.390. The number of hydrogen-bond donors (Lipinski definition) is 1. The molecule has 262 valence electrons. The van der Waals surface area contributed by atoms with Crippen LogP contribution in [0.15, 0.2) is 98.1 Å². The average molecular weight is 694 g/mol. The van der Waals surface area contributed by atoms with Gasteiger partial charge >= 0.3 is 0 Å². The van der Waals surface area contributed by atoms with E-state index in [2.05, 4.69) is 13.2 Å². The van der Waals surface area contributed by atoms with E-state index in [4.69, 9.17) is 4.74 Å². The average Bonchev–Trinajstić information content (AvgIpc) is 3.77. The number of rotatable bonds is 14. The molecule has 3 aromatic rings. The Kier molecular flexibility index (Phi) is 10.6. The maximum absolute atomic E-state index is 15.2. The molecule has 8 nitrogen and oxygen atoms in total. The molecular formula is C41H47N3O5S. The number of benzene rings is 3. The summed E-state index contributed by atoms with van der Waals surface area (Å²) in [5.41, 5.74) is 4.36. The van der Waals surface area contributed by atoms with Gasteiger partial charge in [-0.25, -0.2) is 0 Å². The summed E-state index contributed by atoms with van der Waals surface area (Å²) in [4.78, 5) is 50.2. The molecule has 0 aliphatic carbocycles. The summed E-state index contributed by atoms with van der Waals surface area (Å²) in [5, 5.41) is 10.8. The van der Waals surface area contributed by atoms with E-state index in [-0.39, 0.29) is 42.7 Å². The Morgan fingerprint density at radius 2 is 1.72 bits per heavy atom. The van der Waals surface area contributed by atoms with Crippen molar-refractivity contribution >= 4 is 40.9 Å². The molecule has 3 heterocycles. The van der Waals surface area contributed by atoms with E-state index in [0.717, 1.165) is 22.4 Å². The zero-order valence-corrected chi connectivity index (χ0v) is 30.0. The van der Waals surface area contributed by atoms with Gasteiger partial charge in [0.1, 0.15) is 11.8 Å². The van der Waals surface area contributed by atoms with Gasteiger partial charge in [0.05, 0.1) is 35.8 Å². The van der Waals surface area contributed by atoms with Gasteiger partial charge in [-0.05, 0) is 87.1 Å². The number of thioether (sulfide) groups is 1. The predicted octanol–water partition coefficient (Wildman–Crippen LogP) is 6.14. The van der Waals surface area contributed by atoms with Crippen molar-refractivity contribution in [1.29, 1.82) is 0 Å². The monoisotopic (exact) mass is 693 g/mol. The molecule has 50 heavy (non-hydrogen) atoms. The van der Waals surface area contributed by atoms with E-state index in [9.17, 15) is 9.90 Å². The van der Waals surface area contributed by atoms with Crippen LogP contribution in [0.2, 0.25) is 0 Å². The summed E-state index contributed by atoms with van der Waals surface area (Å²) >= 11 is 1.63. The largest absolute Gasteiger partial charge is 0.494 e. The van der Waals surface area contributed by atoms with Gasteiger partial charge in [0.2, 0.25) is 11.8 Å². The molecule has 6 rings (SSSR count). The van der Waals surface area contributed by atoms with Crippen LogP contribution in [0.25, 0.3) is 0 Å². The molecule has 1 spiro atoms.